The van der Waals surface area contributed by atoms with E-state index in [1.165, 1.54) is 23.1 Å². The Hall–Kier alpha value is -2.00. The van der Waals surface area contributed by atoms with Gasteiger partial charge < -0.3 is 10.2 Å². The fraction of sp³-hybridized carbons (Fsp3) is 0.391. The molecule has 7 nitrogen and oxygen atoms in total. The number of carbonyl (C=O) groups is 2. The van der Waals surface area contributed by atoms with Gasteiger partial charge in [0, 0.05) is 22.6 Å². The molecular weight excluding hydrogens is 521 g/mol. The number of rotatable bonds is 10. The standard InChI is InChI=1S/C23H28Cl3N3O4S/c1-5-15(2)27-23(31)16(3)28(13-17-7-6-8-18(24)11-17)22(30)14-29(34(4,32)33)21-12-19(25)9-10-20(21)26/h6-12,15-16H,5,13-14H2,1-4H3,(H,27,31)/t15-,16+/m0/s1. The summed E-state index contributed by atoms with van der Waals surface area (Å²) in [5.74, 6) is -0.940. The maximum absolute atomic E-state index is 13.5. The molecule has 0 heterocycles. The van der Waals surface area contributed by atoms with E-state index in [2.05, 4.69) is 5.32 Å². The number of nitrogens with one attached hydrogen (secondary N) is 1. The van der Waals surface area contributed by atoms with Gasteiger partial charge >= 0.3 is 0 Å². The van der Waals surface area contributed by atoms with Crippen molar-refractivity contribution in [3.8, 4) is 0 Å². The summed E-state index contributed by atoms with van der Waals surface area (Å²) in [7, 11) is -3.91. The number of halogens is 3. The maximum atomic E-state index is 13.5. The molecule has 0 aliphatic carbocycles. The van der Waals surface area contributed by atoms with Crippen LogP contribution in [0.25, 0.3) is 0 Å². The lowest BCUT2D eigenvalue weighted by Gasteiger charge is -2.32. The normalized spacial score (nSPS) is 13.1. The zero-order chi connectivity index (χ0) is 25.6. The largest absolute Gasteiger partial charge is 0.352 e. The second kappa shape index (κ2) is 12.1. The topological polar surface area (TPSA) is 86.8 Å². The van der Waals surface area contributed by atoms with Crippen molar-refractivity contribution in [2.45, 2.75) is 45.8 Å². The quantitative estimate of drug-likeness (QED) is 0.464. The fourth-order valence-electron chi connectivity index (χ4n) is 3.15. The summed E-state index contributed by atoms with van der Waals surface area (Å²) in [5, 5.41) is 3.72. The third-order valence-electron chi connectivity index (χ3n) is 5.27. The second-order valence-corrected chi connectivity index (χ2v) is 11.2. The van der Waals surface area contributed by atoms with Gasteiger partial charge in [-0.2, -0.15) is 0 Å². The Kier molecular flexibility index (Phi) is 10.1. The van der Waals surface area contributed by atoms with Gasteiger partial charge in [0.05, 0.1) is 17.0 Å². The van der Waals surface area contributed by atoms with Crippen molar-refractivity contribution in [2.24, 2.45) is 0 Å². The Morgan fingerprint density at radius 3 is 2.26 bits per heavy atom. The molecule has 0 aliphatic heterocycles. The number of benzene rings is 2. The minimum absolute atomic E-state index is 0.0510. The number of hydrogen-bond acceptors (Lipinski definition) is 4. The van der Waals surface area contributed by atoms with Crippen molar-refractivity contribution < 1.29 is 18.0 Å². The van der Waals surface area contributed by atoms with Crippen LogP contribution in [0, 0.1) is 0 Å². The summed E-state index contributed by atoms with van der Waals surface area (Å²) in [6.45, 7) is 4.87. The molecule has 186 valence electrons. The Labute approximate surface area is 216 Å². The molecule has 2 aromatic carbocycles. The monoisotopic (exact) mass is 547 g/mol. The summed E-state index contributed by atoms with van der Waals surface area (Å²) < 4.78 is 26.1. The highest BCUT2D eigenvalue weighted by Crippen LogP contribution is 2.31. The molecular formula is C23H28Cl3N3O4S. The van der Waals surface area contributed by atoms with Crippen molar-refractivity contribution in [3.05, 3.63) is 63.1 Å². The third-order valence-corrected chi connectivity index (χ3v) is 7.18. The molecule has 1 N–H and O–H groups in total. The Balaban J connectivity index is 2.43. The van der Waals surface area contributed by atoms with Crippen LogP contribution in [-0.2, 0) is 26.2 Å². The van der Waals surface area contributed by atoms with Crippen LogP contribution < -0.4 is 9.62 Å². The van der Waals surface area contributed by atoms with Crippen molar-refractivity contribution in [2.75, 3.05) is 17.1 Å². The van der Waals surface area contributed by atoms with Crippen LogP contribution in [0.4, 0.5) is 5.69 Å². The molecule has 0 unspecified atom stereocenters. The van der Waals surface area contributed by atoms with Crippen LogP contribution >= 0.6 is 34.8 Å². The fourth-order valence-corrected chi connectivity index (χ4v) is 4.65. The predicted octanol–water partition coefficient (Wildman–Crippen LogP) is 4.74. The lowest BCUT2D eigenvalue weighted by Crippen LogP contribution is -2.52. The Morgan fingerprint density at radius 1 is 1.03 bits per heavy atom. The van der Waals surface area contributed by atoms with E-state index in [-0.39, 0.29) is 34.2 Å². The number of anilines is 1. The molecule has 2 rings (SSSR count). The van der Waals surface area contributed by atoms with E-state index in [1.54, 1.807) is 31.2 Å². The molecule has 2 aromatic rings. The highest BCUT2D eigenvalue weighted by atomic mass is 35.5. The first-order valence-corrected chi connectivity index (χ1v) is 13.6. The highest BCUT2D eigenvalue weighted by Gasteiger charge is 2.31. The summed E-state index contributed by atoms with van der Waals surface area (Å²) in [5.41, 5.74) is 0.764. The van der Waals surface area contributed by atoms with Gasteiger partial charge in [0.2, 0.25) is 21.8 Å². The minimum atomic E-state index is -3.91. The minimum Gasteiger partial charge on any atom is -0.352 e. The van der Waals surface area contributed by atoms with Gasteiger partial charge in [-0.05, 0) is 56.2 Å². The number of hydrogen-bond donors (Lipinski definition) is 1. The summed E-state index contributed by atoms with van der Waals surface area (Å²) in [6, 6.07) is 10.3. The van der Waals surface area contributed by atoms with Crippen LogP contribution in [0.5, 0.6) is 0 Å². The predicted molar refractivity (Wildman–Crippen MR) is 138 cm³/mol. The summed E-state index contributed by atoms with van der Waals surface area (Å²) >= 11 is 18.4. The van der Waals surface area contributed by atoms with Crippen LogP contribution in [0.1, 0.15) is 32.8 Å². The molecule has 0 aliphatic rings. The lowest BCUT2D eigenvalue weighted by molar-refractivity contribution is -0.139. The SMILES string of the molecule is CC[C@H](C)NC(=O)[C@@H](C)N(Cc1cccc(Cl)c1)C(=O)CN(c1cc(Cl)ccc1Cl)S(C)(=O)=O. The molecule has 0 bridgehead atoms. The number of nitrogens with zero attached hydrogens (tertiary/aromatic N) is 2. The van der Waals surface area contributed by atoms with Crippen LogP contribution in [0.3, 0.4) is 0 Å². The van der Waals surface area contributed by atoms with Gasteiger partial charge in [-0.1, -0.05) is 53.9 Å². The molecule has 11 heteroatoms. The van der Waals surface area contributed by atoms with Gasteiger partial charge in [-0.25, -0.2) is 8.42 Å². The zero-order valence-corrected chi connectivity index (χ0v) is 22.5. The van der Waals surface area contributed by atoms with E-state index in [4.69, 9.17) is 34.8 Å². The molecule has 2 amide bonds. The smallest absolute Gasteiger partial charge is 0.244 e. The van der Waals surface area contributed by atoms with Gasteiger partial charge in [0.25, 0.3) is 0 Å². The van der Waals surface area contributed by atoms with E-state index in [0.29, 0.717) is 10.6 Å². The average Bonchev–Trinajstić information content (AvgIpc) is 2.76. The van der Waals surface area contributed by atoms with Gasteiger partial charge in [0.1, 0.15) is 12.6 Å². The van der Waals surface area contributed by atoms with E-state index in [0.717, 1.165) is 17.0 Å². The second-order valence-electron chi connectivity index (χ2n) is 8.01. The average molecular weight is 549 g/mol. The molecule has 0 fully saturated rings. The van der Waals surface area contributed by atoms with Crippen molar-refractivity contribution >= 4 is 62.3 Å². The van der Waals surface area contributed by atoms with Crippen molar-refractivity contribution in [1.29, 1.82) is 0 Å². The van der Waals surface area contributed by atoms with Gasteiger partial charge in [-0.3, -0.25) is 13.9 Å². The van der Waals surface area contributed by atoms with Crippen molar-refractivity contribution in [1.82, 2.24) is 10.2 Å². The third kappa shape index (κ3) is 7.77. The zero-order valence-electron chi connectivity index (χ0n) is 19.4. The van der Waals surface area contributed by atoms with Gasteiger partial charge in [0.15, 0.2) is 0 Å². The lowest BCUT2D eigenvalue weighted by atomic mass is 10.1. The van der Waals surface area contributed by atoms with Crippen LogP contribution in [-0.4, -0.2) is 50.0 Å². The Bertz CT molecular complexity index is 1140. The molecule has 0 spiro atoms. The molecule has 0 aromatic heterocycles. The molecule has 0 saturated carbocycles. The van der Waals surface area contributed by atoms with E-state index < -0.39 is 28.5 Å². The van der Waals surface area contributed by atoms with Gasteiger partial charge in [-0.15, -0.1) is 0 Å². The maximum Gasteiger partial charge on any atom is 0.244 e. The number of carbonyl (C=O) groups excluding carboxylic acids is 2. The van der Waals surface area contributed by atoms with E-state index >= 15 is 0 Å². The summed E-state index contributed by atoms with van der Waals surface area (Å²) in [6.07, 6.45) is 1.69. The number of amides is 2. The first kappa shape index (κ1) is 28.2. The summed E-state index contributed by atoms with van der Waals surface area (Å²) in [4.78, 5) is 27.7. The molecule has 0 saturated heterocycles. The number of sulfonamides is 1. The van der Waals surface area contributed by atoms with Crippen LogP contribution in [0.2, 0.25) is 15.1 Å². The van der Waals surface area contributed by atoms with E-state index in [1.807, 2.05) is 13.8 Å². The molecule has 2 atom stereocenters. The highest BCUT2D eigenvalue weighted by molar-refractivity contribution is 7.92. The molecule has 34 heavy (non-hydrogen) atoms. The molecule has 0 radical (unpaired) electrons. The van der Waals surface area contributed by atoms with E-state index in [9.17, 15) is 18.0 Å². The first-order chi connectivity index (χ1) is 15.8. The van der Waals surface area contributed by atoms with Crippen LogP contribution in [0.15, 0.2) is 42.5 Å². The Morgan fingerprint density at radius 2 is 1.68 bits per heavy atom. The first-order valence-electron chi connectivity index (χ1n) is 10.6. The van der Waals surface area contributed by atoms with Crippen molar-refractivity contribution in [3.63, 3.8) is 0 Å².